The maximum Gasteiger partial charge on any atom is 0.336 e. The average Bonchev–Trinajstić information content (AvgIpc) is 2.93. The van der Waals surface area contributed by atoms with Crippen molar-refractivity contribution in [3.8, 4) is 0 Å². The van der Waals surface area contributed by atoms with E-state index in [0.717, 1.165) is 5.56 Å². The number of nitrogens with one attached hydrogen (secondary N) is 4. The van der Waals surface area contributed by atoms with E-state index in [1.807, 2.05) is 44.2 Å². The highest BCUT2D eigenvalue weighted by Crippen LogP contribution is 2.15. The molecule has 0 radical (unpaired) electrons. The Bertz CT molecular complexity index is 956. The fourth-order valence-corrected chi connectivity index (χ4v) is 4.75. The van der Waals surface area contributed by atoms with Gasteiger partial charge in [0, 0.05) is 18.6 Å². The van der Waals surface area contributed by atoms with Gasteiger partial charge in [-0.3, -0.25) is 14.4 Å². The van der Waals surface area contributed by atoms with Crippen LogP contribution < -0.4 is 38.5 Å². The molecule has 10 N–H and O–H groups in total. The normalized spacial score (nSPS) is 16.9. The van der Waals surface area contributed by atoms with Crippen molar-refractivity contribution >= 4 is 23.8 Å². The zero-order valence-electron chi connectivity index (χ0n) is 24.4. The molecule has 1 aliphatic heterocycles. The maximum atomic E-state index is 13.4. The monoisotopic (exact) mass is 575 g/mol. The van der Waals surface area contributed by atoms with Crippen LogP contribution in [0.4, 0.5) is 0 Å². The van der Waals surface area contributed by atoms with Gasteiger partial charge in [0.05, 0.1) is 18.5 Å². The first-order valence-corrected chi connectivity index (χ1v) is 14.6. The van der Waals surface area contributed by atoms with Crippen LogP contribution in [0.2, 0.25) is 0 Å². The Morgan fingerprint density at radius 3 is 2.32 bits per heavy atom. The molecular formula is C29H49N7O5. The summed E-state index contributed by atoms with van der Waals surface area (Å²) in [6, 6.07) is 7.41. The standard InChI is InChI=1S/C29H49N7O5/c1-19(2)14-24(35-17-23(31)15-20-6-4-3-5-7-20)27(38)36-25(16-22(30)10-13-34-18-26(32)37)29(40)41-28(39)21-8-11-33-12-9-21/h3-7,19,21-25,33-35H,8-18,30-31H2,1-2H3,(H2,32,37)(H,36,38)/t22?,23-,24-,25?/m1/s1. The molecule has 1 saturated heterocycles. The molecule has 2 amide bonds. The van der Waals surface area contributed by atoms with Crippen LogP contribution in [0.1, 0.15) is 51.5 Å². The summed E-state index contributed by atoms with van der Waals surface area (Å²) >= 11 is 0. The van der Waals surface area contributed by atoms with Crippen molar-refractivity contribution in [1.29, 1.82) is 0 Å². The molecule has 0 bridgehead atoms. The molecule has 1 heterocycles. The third-order valence-corrected chi connectivity index (χ3v) is 7.00. The fraction of sp³-hybridized carbons (Fsp3) is 0.655. The maximum absolute atomic E-state index is 13.4. The summed E-state index contributed by atoms with van der Waals surface area (Å²) < 4.78 is 5.24. The molecule has 4 atom stereocenters. The van der Waals surface area contributed by atoms with E-state index in [9.17, 15) is 19.2 Å². The molecule has 12 heteroatoms. The van der Waals surface area contributed by atoms with Crippen molar-refractivity contribution in [2.24, 2.45) is 29.0 Å². The van der Waals surface area contributed by atoms with Crippen LogP contribution in [0.25, 0.3) is 0 Å². The van der Waals surface area contributed by atoms with E-state index in [1.165, 1.54) is 0 Å². The van der Waals surface area contributed by atoms with Crippen LogP contribution in [0.3, 0.4) is 0 Å². The zero-order chi connectivity index (χ0) is 30.2. The summed E-state index contributed by atoms with van der Waals surface area (Å²) in [5.74, 6) is -2.47. The Morgan fingerprint density at radius 2 is 1.68 bits per heavy atom. The smallest absolute Gasteiger partial charge is 0.336 e. The number of rotatable bonds is 18. The van der Waals surface area contributed by atoms with Crippen molar-refractivity contribution < 1.29 is 23.9 Å². The minimum atomic E-state index is -1.12. The first-order valence-electron chi connectivity index (χ1n) is 14.6. The van der Waals surface area contributed by atoms with Gasteiger partial charge >= 0.3 is 11.9 Å². The number of nitrogens with two attached hydrogens (primary N) is 3. The Morgan fingerprint density at radius 1 is 1.00 bits per heavy atom. The molecule has 41 heavy (non-hydrogen) atoms. The molecule has 1 aromatic rings. The number of piperidine rings is 1. The molecule has 2 rings (SSSR count). The Balaban J connectivity index is 2.05. The zero-order valence-corrected chi connectivity index (χ0v) is 24.4. The summed E-state index contributed by atoms with van der Waals surface area (Å²) in [6.45, 7) is 6.15. The van der Waals surface area contributed by atoms with Crippen LogP contribution in [0, 0.1) is 11.8 Å². The van der Waals surface area contributed by atoms with Gasteiger partial charge in [0.25, 0.3) is 0 Å². The van der Waals surface area contributed by atoms with Crippen LogP contribution in [-0.2, 0) is 30.3 Å². The molecule has 0 saturated carbocycles. The van der Waals surface area contributed by atoms with E-state index in [4.69, 9.17) is 21.9 Å². The number of esters is 2. The summed E-state index contributed by atoms with van der Waals surface area (Å²) in [7, 11) is 0. The van der Waals surface area contributed by atoms with Gasteiger partial charge in [0.1, 0.15) is 6.04 Å². The van der Waals surface area contributed by atoms with Gasteiger partial charge in [0.15, 0.2) is 0 Å². The second-order valence-corrected chi connectivity index (χ2v) is 11.3. The first-order chi connectivity index (χ1) is 19.5. The largest absolute Gasteiger partial charge is 0.391 e. The molecule has 0 aromatic heterocycles. The number of hydrogen-bond acceptors (Lipinski definition) is 10. The van der Waals surface area contributed by atoms with Crippen molar-refractivity contribution in [2.45, 2.75) is 76.5 Å². The first kappa shape index (κ1) is 34.3. The molecule has 1 aliphatic rings. The third-order valence-electron chi connectivity index (χ3n) is 7.00. The summed E-state index contributed by atoms with van der Waals surface area (Å²) in [4.78, 5) is 50.2. The van der Waals surface area contributed by atoms with Gasteiger partial charge < -0.3 is 43.2 Å². The Labute approximate surface area is 243 Å². The van der Waals surface area contributed by atoms with Gasteiger partial charge in [0.2, 0.25) is 11.8 Å². The quantitative estimate of drug-likeness (QED) is 0.0666. The number of primary amides is 1. The molecule has 0 aliphatic carbocycles. The van der Waals surface area contributed by atoms with E-state index in [-0.39, 0.29) is 36.8 Å². The molecule has 1 aromatic carbocycles. The van der Waals surface area contributed by atoms with Gasteiger partial charge in [-0.05, 0) is 69.6 Å². The third kappa shape index (κ3) is 14.0. The van der Waals surface area contributed by atoms with E-state index in [1.54, 1.807) is 0 Å². The highest BCUT2D eigenvalue weighted by Gasteiger charge is 2.32. The van der Waals surface area contributed by atoms with E-state index in [2.05, 4.69) is 21.3 Å². The van der Waals surface area contributed by atoms with E-state index < -0.39 is 36.0 Å². The molecule has 0 spiro atoms. The molecular weight excluding hydrogens is 526 g/mol. The number of carbonyl (C=O) groups excluding carboxylic acids is 4. The number of ether oxygens (including phenoxy) is 1. The summed E-state index contributed by atoms with van der Waals surface area (Å²) in [5, 5.41) is 12.1. The van der Waals surface area contributed by atoms with Crippen LogP contribution >= 0.6 is 0 Å². The van der Waals surface area contributed by atoms with Crippen molar-refractivity contribution in [2.75, 3.05) is 32.7 Å². The van der Waals surface area contributed by atoms with E-state index >= 15 is 0 Å². The van der Waals surface area contributed by atoms with Crippen molar-refractivity contribution in [1.82, 2.24) is 21.3 Å². The molecule has 12 nitrogen and oxygen atoms in total. The van der Waals surface area contributed by atoms with Crippen molar-refractivity contribution in [3.63, 3.8) is 0 Å². The van der Waals surface area contributed by atoms with Gasteiger partial charge in [-0.15, -0.1) is 0 Å². The predicted octanol–water partition coefficient (Wildman–Crippen LogP) is -0.703. The molecule has 2 unspecified atom stereocenters. The highest BCUT2D eigenvalue weighted by molar-refractivity contribution is 5.93. The topological polar surface area (TPSA) is 204 Å². The fourth-order valence-electron chi connectivity index (χ4n) is 4.75. The minimum Gasteiger partial charge on any atom is -0.391 e. The number of carbonyl (C=O) groups is 4. The van der Waals surface area contributed by atoms with Crippen LogP contribution in [-0.4, -0.2) is 80.6 Å². The van der Waals surface area contributed by atoms with Crippen molar-refractivity contribution in [3.05, 3.63) is 35.9 Å². The lowest BCUT2D eigenvalue weighted by Gasteiger charge is -2.27. The van der Waals surface area contributed by atoms with Gasteiger partial charge in [-0.25, -0.2) is 4.79 Å². The highest BCUT2D eigenvalue weighted by atomic mass is 16.6. The van der Waals surface area contributed by atoms with Gasteiger partial charge in [-0.1, -0.05) is 44.2 Å². The number of hydrogen-bond donors (Lipinski definition) is 7. The average molecular weight is 576 g/mol. The number of benzene rings is 1. The lowest BCUT2D eigenvalue weighted by Crippen LogP contribution is -2.54. The van der Waals surface area contributed by atoms with Gasteiger partial charge in [-0.2, -0.15) is 0 Å². The second kappa shape index (κ2) is 18.5. The Hall–Kier alpha value is -2.90. The minimum absolute atomic E-state index is 0.00857. The van der Waals surface area contributed by atoms with Crippen LogP contribution in [0.5, 0.6) is 0 Å². The predicted molar refractivity (Wildman–Crippen MR) is 157 cm³/mol. The summed E-state index contributed by atoms with van der Waals surface area (Å²) in [6.07, 6.45) is 2.80. The SMILES string of the molecule is CC(C)C[C@@H](NC[C@H](N)Cc1ccccc1)C(=O)NC(CC(N)CCNCC(N)=O)C(=O)OC(=O)C1CCNCC1. The second-order valence-electron chi connectivity index (χ2n) is 11.3. The lowest BCUT2D eigenvalue weighted by molar-refractivity contribution is -0.165. The summed E-state index contributed by atoms with van der Waals surface area (Å²) in [5.41, 5.74) is 18.9. The van der Waals surface area contributed by atoms with E-state index in [0.29, 0.717) is 58.3 Å². The lowest BCUT2D eigenvalue weighted by atomic mass is 9.98. The van der Waals surface area contributed by atoms with Crippen LogP contribution in [0.15, 0.2) is 30.3 Å². The molecule has 1 fully saturated rings. The molecule has 230 valence electrons. The number of amides is 2. The Kier molecular flexibility index (Phi) is 15.5.